The van der Waals surface area contributed by atoms with Crippen LogP contribution in [0.25, 0.3) is 0 Å². The lowest BCUT2D eigenvalue weighted by Gasteiger charge is -2.20. The van der Waals surface area contributed by atoms with Crippen molar-refractivity contribution < 1.29 is 19.1 Å². The second kappa shape index (κ2) is 7.69. The Labute approximate surface area is 143 Å². The summed E-state index contributed by atoms with van der Waals surface area (Å²) in [5.74, 6) is -1.37. The zero-order chi connectivity index (χ0) is 17.7. The number of esters is 1. The monoisotopic (exact) mass is 347 g/mol. The van der Waals surface area contributed by atoms with Gasteiger partial charge < -0.3 is 15.0 Å². The number of nitrogens with one attached hydrogen (secondary N) is 1. The van der Waals surface area contributed by atoms with Crippen LogP contribution >= 0.6 is 11.3 Å². The van der Waals surface area contributed by atoms with Crippen LogP contribution in [0.2, 0.25) is 0 Å². The zero-order valence-corrected chi connectivity index (χ0v) is 14.3. The first-order valence-corrected chi connectivity index (χ1v) is 7.96. The number of nitrogens with zero attached hydrogens (tertiary/aromatic N) is 2. The molecule has 1 N–H and O–H groups in total. The molecule has 2 aromatic rings. The largest absolute Gasteiger partial charge is 0.443 e. The molecule has 0 fully saturated rings. The molecule has 0 aliphatic rings. The SMILES string of the molecule is CC(=O)Nc1nc(C(=O)OC(C(=O)N(C)C)c2ccccc2)cs1. The molecule has 0 bridgehead atoms. The summed E-state index contributed by atoms with van der Waals surface area (Å²) in [6, 6.07) is 8.75. The van der Waals surface area contributed by atoms with E-state index >= 15 is 0 Å². The maximum absolute atomic E-state index is 12.3. The number of aromatic nitrogens is 1. The summed E-state index contributed by atoms with van der Waals surface area (Å²) >= 11 is 1.10. The number of amides is 2. The first kappa shape index (κ1) is 17.6. The number of thiazole rings is 1. The molecule has 1 heterocycles. The van der Waals surface area contributed by atoms with Gasteiger partial charge in [0.2, 0.25) is 12.0 Å². The molecule has 0 saturated carbocycles. The standard InChI is InChI=1S/C16H17N3O4S/c1-10(20)17-16-18-12(9-24-16)15(22)23-13(14(21)19(2)3)11-7-5-4-6-8-11/h4-9,13H,1-3H3,(H,17,18,20). The first-order valence-electron chi connectivity index (χ1n) is 7.08. The molecule has 0 saturated heterocycles. The Morgan fingerprint density at radius 3 is 2.46 bits per heavy atom. The number of likely N-dealkylation sites (N-methyl/N-ethyl adjacent to an activating group) is 1. The number of rotatable bonds is 5. The highest BCUT2D eigenvalue weighted by molar-refractivity contribution is 7.14. The molecule has 126 valence electrons. The van der Waals surface area contributed by atoms with E-state index in [2.05, 4.69) is 10.3 Å². The van der Waals surface area contributed by atoms with Crippen molar-refractivity contribution in [1.82, 2.24) is 9.88 Å². The van der Waals surface area contributed by atoms with E-state index in [-0.39, 0.29) is 17.5 Å². The van der Waals surface area contributed by atoms with Gasteiger partial charge in [-0.3, -0.25) is 9.59 Å². The van der Waals surface area contributed by atoms with Gasteiger partial charge in [-0.1, -0.05) is 30.3 Å². The molecule has 0 radical (unpaired) electrons. The van der Waals surface area contributed by atoms with Crippen molar-refractivity contribution in [2.24, 2.45) is 0 Å². The van der Waals surface area contributed by atoms with Crippen LogP contribution in [0.3, 0.4) is 0 Å². The number of anilines is 1. The third-order valence-electron chi connectivity index (χ3n) is 2.99. The second-order valence-electron chi connectivity index (χ2n) is 5.15. The number of ether oxygens (including phenoxy) is 1. The van der Waals surface area contributed by atoms with Gasteiger partial charge in [0.05, 0.1) is 0 Å². The van der Waals surface area contributed by atoms with Crippen LogP contribution in [-0.4, -0.2) is 41.8 Å². The molecule has 2 rings (SSSR count). The van der Waals surface area contributed by atoms with E-state index in [0.29, 0.717) is 10.7 Å². The lowest BCUT2D eigenvalue weighted by atomic mass is 10.1. The van der Waals surface area contributed by atoms with E-state index in [9.17, 15) is 14.4 Å². The molecule has 0 aliphatic carbocycles. The Kier molecular flexibility index (Phi) is 5.64. The summed E-state index contributed by atoms with van der Waals surface area (Å²) < 4.78 is 5.37. The van der Waals surface area contributed by atoms with E-state index in [1.807, 2.05) is 6.07 Å². The summed E-state index contributed by atoms with van der Waals surface area (Å²) in [6.45, 7) is 1.35. The third-order valence-corrected chi connectivity index (χ3v) is 3.75. The molecule has 2 amide bonds. The molecular formula is C16H17N3O4S. The predicted octanol–water partition coefficient (Wildman–Crippen LogP) is 2.09. The van der Waals surface area contributed by atoms with Crippen LogP contribution < -0.4 is 5.32 Å². The molecule has 0 spiro atoms. The highest BCUT2D eigenvalue weighted by Gasteiger charge is 2.27. The fraction of sp³-hybridized carbons (Fsp3) is 0.250. The number of hydrogen-bond donors (Lipinski definition) is 1. The van der Waals surface area contributed by atoms with Crippen molar-refractivity contribution in [3.8, 4) is 0 Å². The predicted molar refractivity (Wildman–Crippen MR) is 89.7 cm³/mol. The third kappa shape index (κ3) is 4.39. The van der Waals surface area contributed by atoms with E-state index in [0.717, 1.165) is 11.3 Å². The highest BCUT2D eigenvalue weighted by Crippen LogP contribution is 2.23. The fourth-order valence-electron chi connectivity index (χ4n) is 1.87. The van der Waals surface area contributed by atoms with E-state index in [1.54, 1.807) is 38.4 Å². The van der Waals surface area contributed by atoms with Crippen LogP contribution in [0.1, 0.15) is 29.1 Å². The summed E-state index contributed by atoms with van der Waals surface area (Å²) in [5, 5.41) is 4.26. The van der Waals surface area contributed by atoms with Crippen molar-refractivity contribution >= 4 is 34.3 Å². The lowest BCUT2D eigenvalue weighted by Crippen LogP contribution is -2.31. The molecule has 1 aromatic heterocycles. The van der Waals surface area contributed by atoms with Crippen molar-refractivity contribution in [2.45, 2.75) is 13.0 Å². The maximum atomic E-state index is 12.3. The average molecular weight is 347 g/mol. The van der Waals surface area contributed by atoms with Crippen LogP contribution in [0.5, 0.6) is 0 Å². The smallest absolute Gasteiger partial charge is 0.359 e. The summed E-state index contributed by atoms with van der Waals surface area (Å²) in [4.78, 5) is 41.0. The van der Waals surface area contributed by atoms with Gasteiger partial charge in [0, 0.05) is 32.0 Å². The molecule has 1 unspecified atom stereocenters. The molecular weight excluding hydrogens is 330 g/mol. The number of benzene rings is 1. The fourth-order valence-corrected chi connectivity index (χ4v) is 2.59. The zero-order valence-electron chi connectivity index (χ0n) is 13.5. The Hall–Kier alpha value is -2.74. The molecule has 1 aromatic carbocycles. The normalized spacial score (nSPS) is 11.5. The molecule has 7 nitrogen and oxygen atoms in total. The minimum Gasteiger partial charge on any atom is -0.443 e. The Morgan fingerprint density at radius 2 is 1.88 bits per heavy atom. The van der Waals surface area contributed by atoms with Gasteiger partial charge in [0.25, 0.3) is 5.91 Å². The molecule has 0 aliphatic heterocycles. The van der Waals surface area contributed by atoms with Crippen LogP contribution in [0.4, 0.5) is 5.13 Å². The van der Waals surface area contributed by atoms with Gasteiger partial charge in [-0.25, -0.2) is 9.78 Å². The summed E-state index contributed by atoms with van der Waals surface area (Å²) in [7, 11) is 3.17. The summed E-state index contributed by atoms with van der Waals surface area (Å²) in [5.41, 5.74) is 0.609. The van der Waals surface area contributed by atoms with E-state index in [1.165, 1.54) is 17.2 Å². The minimum absolute atomic E-state index is 0.0382. The summed E-state index contributed by atoms with van der Waals surface area (Å²) in [6.07, 6.45) is -1.06. The Bertz CT molecular complexity index is 743. The Morgan fingerprint density at radius 1 is 1.21 bits per heavy atom. The van der Waals surface area contributed by atoms with Crippen LogP contribution in [0.15, 0.2) is 35.7 Å². The van der Waals surface area contributed by atoms with Crippen molar-refractivity contribution in [3.05, 3.63) is 47.0 Å². The first-order chi connectivity index (χ1) is 11.4. The van der Waals surface area contributed by atoms with Gasteiger partial charge >= 0.3 is 5.97 Å². The van der Waals surface area contributed by atoms with Crippen LogP contribution in [0, 0.1) is 0 Å². The van der Waals surface area contributed by atoms with Crippen molar-refractivity contribution in [2.75, 3.05) is 19.4 Å². The molecule has 24 heavy (non-hydrogen) atoms. The lowest BCUT2D eigenvalue weighted by molar-refractivity contribution is -0.138. The average Bonchev–Trinajstić information content (AvgIpc) is 3.00. The van der Waals surface area contributed by atoms with Gasteiger partial charge in [-0.05, 0) is 0 Å². The van der Waals surface area contributed by atoms with Crippen molar-refractivity contribution in [1.29, 1.82) is 0 Å². The number of hydrogen-bond acceptors (Lipinski definition) is 6. The van der Waals surface area contributed by atoms with Gasteiger partial charge in [0.15, 0.2) is 10.8 Å². The quantitative estimate of drug-likeness (QED) is 0.837. The number of carbonyl (C=O) groups excluding carboxylic acids is 3. The molecule has 8 heteroatoms. The van der Waals surface area contributed by atoms with E-state index in [4.69, 9.17) is 4.74 Å². The van der Waals surface area contributed by atoms with E-state index < -0.39 is 12.1 Å². The topological polar surface area (TPSA) is 88.6 Å². The van der Waals surface area contributed by atoms with Gasteiger partial charge in [-0.15, -0.1) is 11.3 Å². The van der Waals surface area contributed by atoms with Gasteiger partial charge in [-0.2, -0.15) is 0 Å². The second-order valence-corrected chi connectivity index (χ2v) is 6.01. The number of carbonyl (C=O) groups is 3. The minimum atomic E-state index is -1.06. The Balaban J connectivity index is 2.20. The van der Waals surface area contributed by atoms with Gasteiger partial charge in [0.1, 0.15) is 0 Å². The van der Waals surface area contributed by atoms with Crippen molar-refractivity contribution in [3.63, 3.8) is 0 Å². The maximum Gasteiger partial charge on any atom is 0.359 e. The molecule has 1 atom stereocenters. The van der Waals surface area contributed by atoms with Crippen LogP contribution in [-0.2, 0) is 14.3 Å². The highest BCUT2D eigenvalue weighted by atomic mass is 32.1.